The van der Waals surface area contributed by atoms with Crippen LogP contribution >= 0.6 is 11.3 Å². The molecule has 0 aliphatic carbocycles. The zero-order valence-corrected chi connectivity index (χ0v) is 13.7. The summed E-state index contributed by atoms with van der Waals surface area (Å²) in [5.74, 6) is 0.833. The molecule has 118 valence electrons. The fourth-order valence-electron chi connectivity index (χ4n) is 2.34. The minimum atomic E-state index is 0.0567. The lowest BCUT2D eigenvalue weighted by Gasteiger charge is -2.06. The summed E-state index contributed by atoms with van der Waals surface area (Å²) in [6.45, 7) is 2.55. The minimum Gasteiger partial charge on any atom is -0.464 e. The van der Waals surface area contributed by atoms with E-state index in [0.717, 1.165) is 23.3 Å². The van der Waals surface area contributed by atoms with Gasteiger partial charge in [0.25, 0.3) is 0 Å². The van der Waals surface area contributed by atoms with Crippen molar-refractivity contribution in [2.24, 2.45) is 0 Å². The molecule has 0 spiro atoms. The van der Waals surface area contributed by atoms with Gasteiger partial charge in [-0.15, -0.1) is 11.3 Å². The Kier molecular flexibility index (Phi) is 4.88. The molecule has 5 heteroatoms. The van der Waals surface area contributed by atoms with Gasteiger partial charge in [-0.1, -0.05) is 0 Å². The number of nitrogens with one attached hydrogen (secondary N) is 1. The Hall–Kier alpha value is -2.40. The lowest BCUT2D eigenvalue weighted by molar-refractivity contribution is -0.121. The van der Waals surface area contributed by atoms with Crippen LogP contribution in [0.5, 0.6) is 0 Å². The number of hydrogen-bond acceptors (Lipinski definition) is 4. The number of rotatable bonds is 6. The monoisotopic (exact) mass is 326 g/mol. The lowest BCUT2D eigenvalue weighted by Crippen LogP contribution is -2.23. The van der Waals surface area contributed by atoms with E-state index in [1.165, 1.54) is 10.4 Å². The predicted octanol–water partition coefficient (Wildman–Crippen LogP) is 3.96. The van der Waals surface area contributed by atoms with E-state index in [1.807, 2.05) is 18.2 Å². The van der Waals surface area contributed by atoms with E-state index in [0.29, 0.717) is 13.0 Å². The van der Waals surface area contributed by atoms with Gasteiger partial charge in [0.1, 0.15) is 5.76 Å². The van der Waals surface area contributed by atoms with Crippen molar-refractivity contribution in [3.05, 3.63) is 64.3 Å². The van der Waals surface area contributed by atoms with Gasteiger partial charge in [-0.2, -0.15) is 0 Å². The average molecular weight is 326 g/mol. The van der Waals surface area contributed by atoms with Crippen molar-refractivity contribution < 1.29 is 9.21 Å². The summed E-state index contributed by atoms with van der Waals surface area (Å²) in [6, 6.07) is 7.80. The molecule has 3 heterocycles. The van der Waals surface area contributed by atoms with E-state index in [9.17, 15) is 4.79 Å². The summed E-state index contributed by atoms with van der Waals surface area (Å²) in [6.07, 6.45) is 6.45. The highest BCUT2D eigenvalue weighted by molar-refractivity contribution is 7.10. The van der Waals surface area contributed by atoms with Gasteiger partial charge in [-0.05, 0) is 54.1 Å². The Labute approximate surface area is 139 Å². The summed E-state index contributed by atoms with van der Waals surface area (Å²) in [5, 5.41) is 5.01. The van der Waals surface area contributed by atoms with Crippen LogP contribution in [0.25, 0.3) is 11.3 Å². The Bertz CT molecular complexity index is 778. The largest absolute Gasteiger partial charge is 0.464 e. The lowest BCUT2D eigenvalue weighted by atomic mass is 10.1. The number of aryl methyl sites for hydroxylation is 2. The first-order valence-corrected chi connectivity index (χ1v) is 8.38. The summed E-state index contributed by atoms with van der Waals surface area (Å²) < 4.78 is 5.37. The summed E-state index contributed by atoms with van der Waals surface area (Å²) in [4.78, 5) is 17.5. The summed E-state index contributed by atoms with van der Waals surface area (Å²) >= 11 is 1.71. The zero-order valence-electron chi connectivity index (χ0n) is 12.9. The van der Waals surface area contributed by atoms with Crippen molar-refractivity contribution in [3.8, 4) is 11.3 Å². The van der Waals surface area contributed by atoms with E-state index in [4.69, 9.17) is 4.42 Å². The maximum absolute atomic E-state index is 12.0. The number of carbonyl (C=O) groups is 1. The van der Waals surface area contributed by atoms with Crippen molar-refractivity contribution in [2.75, 3.05) is 0 Å². The van der Waals surface area contributed by atoms with Gasteiger partial charge >= 0.3 is 0 Å². The topological polar surface area (TPSA) is 55.1 Å². The molecule has 23 heavy (non-hydrogen) atoms. The van der Waals surface area contributed by atoms with Crippen LogP contribution < -0.4 is 5.32 Å². The van der Waals surface area contributed by atoms with Crippen LogP contribution in [0.2, 0.25) is 0 Å². The van der Waals surface area contributed by atoms with Crippen molar-refractivity contribution in [1.82, 2.24) is 10.3 Å². The van der Waals surface area contributed by atoms with Crippen LogP contribution in [0.15, 0.2) is 52.7 Å². The number of amides is 1. The second kappa shape index (κ2) is 7.24. The van der Waals surface area contributed by atoms with Gasteiger partial charge < -0.3 is 9.73 Å². The molecule has 0 bridgehead atoms. The zero-order chi connectivity index (χ0) is 16.1. The number of nitrogens with zero attached hydrogens (tertiary/aromatic N) is 1. The molecule has 0 aliphatic rings. The van der Waals surface area contributed by atoms with E-state index < -0.39 is 0 Å². The second-order valence-electron chi connectivity index (χ2n) is 5.36. The Balaban J connectivity index is 1.53. The molecule has 0 unspecified atom stereocenters. The second-order valence-corrected chi connectivity index (χ2v) is 6.36. The van der Waals surface area contributed by atoms with Crippen LogP contribution in [0.1, 0.15) is 22.4 Å². The first-order valence-electron chi connectivity index (χ1n) is 7.50. The Morgan fingerprint density at radius 3 is 3.00 bits per heavy atom. The van der Waals surface area contributed by atoms with Gasteiger partial charge in [0.05, 0.1) is 6.26 Å². The normalized spacial score (nSPS) is 10.7. The third-order valence-corrected chi connectivity index (χ3v) is 4.72. The van der Waals surface area contributed by atoms with Gasteiger partial charge in [-0.25, -0.2) is 0 Å². The molecule has 0 saturated carbocycles. The van der Waals surface area contributed by atoms with E-state index in [1.54, 1.807) is 30.0 Å². The first-order chi connectivity index (χ1) is 11.2. The molecular weight excluding hydrogens is 308 g/mol. The molecule has 4 nitrogen and oxygen atoms in total. The van der Waals surface area contributed by atoms with Crippen LogP contribution in [0, 0.1) is 6.92 Å². The molecule has 3 rings (SSSR count). The Morgan fingerprint density at radius 1 is 1.35 bits per heavy atom. The number of hydrogen-bond donors (Lipinski definition) is 1. The number of carbonyl (C=O) groups excluding carboxylic acids is 1. The first kappa shape index (κ1) is 15.5. The molecule has 3 aromatic heterocycles. The highest BCUT2D eigenvalue weighted by atomic mass is 32.1. The van der Waals surface area contributed by atoms with Crippen LogP contribution in [0.3, 0.4) is 0 Å². The van der Waals surface area contributed by atoms with Crippen molar-refractivity contribution in [3.63, 3.8) is 0 Å². The molecule has 0 fully saturated rings. The predicted molar refractivity (Wildman–Crippen MR) is 91.2 cm³/mol. The number of thiophene rings is 1. The smallest absolute Gasteiger partial charge is 0.220 e. The summed E-state index contributed by atoms with van der Waals surface area (Å²) in [5.41, 5.74) is 3.13. The third kappa shape index (κ3) is 4.07. The van der Waals surface area contributed by atoms with E-state index in [2.05, 4.69) is 28.7 Å². The molecular formula is C18H18N2O2S. The van der Waals surface area contributed by atoms with Gasteiger partial charge in [0, 0.05) is 35.8 Å². The van der Waals surface area contributed by atoms with Crippen molar-refractivity contribution in [2.45, 2.75) is 26.3 Å². The molecule has 0 saturated heterocycles. The molecule has 0 radical (unpaired) electrons. The molecule has 0 aromatic carbocycles. The van der Waals surface area contributed by atoms with Crippen molar-refractivity contribution in [1.29, 1.82) is 0 Å². The fourth-order valence-corrected chi connectivity index (χ4v) is 3.25. The molecule has 1 N–H and O–H groups in total. The van der Waals surface area contributed by atoms with E-state index >= 15 is 0 Å². The van der Waals surface area contributed by atoms with Crippen LogP contribution in [-0.4, -0.2) is 10.9 Å². The molecule has 0 aliphatic heterocycles. The maximum Gasteiger partial charge on any atom is 0.220 e. The van der Waals surface area contributed by atoms with Gasteiger partial charge in [0.15, 0.2) is 0 Å². The maximum atomic E-state index is 12.0. The third-order valence-electron chi connectivity index (χ3n) is 3.64. The highest BCUT2D eigenvalue weighted by Crippen LogP contribution is 2.20. The average Bonchev–Trinajstić information content (AvgIpc) is 3.23. The molecule has 0 atom stereocenters. The molecule has 3 aromatic rings. The highest BCUT2D eigenvalue weighted by Gasteiger charge is 2.07. The van der Waals surface area contributed by atoms with Gasteiger partial charge in [0.2, 0.25) is 5.91 Å². The van der Waals surface area contributed by atoms with E-state index in [-0.39, 0.29) is 5.91 Å². The van der Waals surface area contributed by atoms with Crippen molar-refractivity contribution >= 4 is 17.2 Å². The van der Waals surface area contributed by atoms with Gasteiger partial charge in [-0.3, -0.25) is 9.78 Å². The summed E-state index contributed by atoms with van der Waals surface area (Å²) in [7, 11) is 0. The Morgan fingerprint density at radius 2 is 2.26 bits per heavy atom. The number of pyridine rings is 1. The SMILES string of the molecule is Cc1ccsc1CCC(=O)NCc1cncc(-c2ccco2)c1. The number of aromatic nitrogens is 1. The quantitative estimate of drug-likeness (QED) is 0.746. The van der Waals surface area contributed by atoms with Crippen LogP contribution in [-0.2, 0) is 17.8 Å². The fraction of sp³-hybridized carbons (Fsp3) is 0.222. The molecule has 1 amide bonds. The van der Waals surface area contributed by atoms with Crippen LogP contribution in [0.4, 0.5) is 0 Å². The minimum absolute atomic E-state index is 0.0567. The standard InChI is InChI=1S/C18H18N2O2S/c1-13-6-8-23-17(13)4-5-18(21)20-11-14-9-15(12-19-10-14)16-3-2-7-22-16/h2-3,6-10,12H,4-5,11H2,1H3,(H,20,21). The number of furan rings is 1.